The van der Waals surface area contributed by atoms with Gasteiger partial charge in [-0.15, -0.1) is 18.3 Å². The smallest absolute Gasteiger partial charge is 0.406 e. The number of alkyl halides is 3. The molecule has 0 bridgehead atoms. The average molecular weight is 356 g/mol. The van der Waals surface area contributed by atoms with Gasteiger partial charge in [0.1, 0.15) is 5.75 Å². The molecule has 0 saturated heterocycles. The number of hydrogen-bond donors (Lipinski definition) is 1. The summed E-state index contributed by atoms with van der Waals surface area (Å²) >= 11 is 1.39. The van der Waals surface area contributed by atoms with E-state index in [1.54, 1.807) is 16.8 Å². The Kier molecular flexibility index (Phi) is 4.35. The number of aromatic nitrogens is 3. The molecule has 5 nitrogen and oxygen atoms in total. The van der Waals surface area contributed by atoms with Gasteiger partial charge in [-0.1, -0.05) is 37.3 Å². The number of halogens is 3. The maximum atomic E-state index is 12.3. The Hall–Kier alpha value is -2.29. The molecule has 128 valence electrons. The number of ether oxygens (including phenoxy) is 1. The third kappa shape index (κ3) is 3.97. The van der Waals surface area contributed by atoms with E-state index in [0.29, 0.717) is 22.1 Å². The van der Waals surface area contributed by atoms with Crippen LogP contribution >= 0.6 is 11.3 Å². The first-order chi connectivity index (χ1) is 11.3. The van der Waals surface area contributed by atoms with E-state index in [-0.39, 0.29) is 5.75 Å². The van der Waals surface area contributed by atoms with Crippen molar-refractivity contribution in [2.24, 2.45) is 5.92 Å². The van der Waals surface area contributed by atoms with Crippen molar-refractivity contribution >= 4 is 21.4 Å². The number of nitrogens with one attached hydrogen (secondary N) is 1. The molecule has 3 aromatic rings. The lowest BCUT2D eigenvalue weighted by Gasteiger charge is -2.09. The minimum absolute atomic E-state index is 0.274. The molecule has 0 aliphatic heterocycles. The molecular formula is C15H15F3N4OS. The number of anilines is 1. The summed E-state index contributed by atoms with van der Waals surface area (Å²) in [5.74, 6) is 0.219. The largest absolute Gasteiger partial charge is 0.573 e. The maximum Gasteiger partial charge on any atom is 0.573 e. The van der Waals surface area contributed by atoms with Crippen molar-refractivity contribution in [1.82, 2.24) is 14.6 Å². The lowest BCUT2D eigenvalue weighted by atomic mass is 10.1. The summed E-state index contributed by atoms with van der Waals surface area (Å²) in [6.45, 7) is 5.00. The highest BCUT2D eigenvalue weighted by atomic mass is 32.1. The van der Waals surface area contributed by atoms with Crippen LogP contribution < -0.4 is 10.1 Å². The van der Waals surface area contributed by atoms with Crippen molar-refractivity contribution in [2.45, 2.75) is 20.2 Å². The molecule has 0 amide bonds. The summed E-state index contributed by atoms with van der Waals surface area (Å²) in [6.07, 6.45) is -3.04. The van der Waals surface area contributed by atoms with Gasteiger partial charge in [0.15, 0.2) is 0 Å². The van der Waals surface area contributed by atoms with E-state index in [4.69, 9.17) is 0 Å². The molecule has 2 heterocycles. The monoisotopic (exact) mass is 356 g/mol. The Morgan fingerprint density at radius 2 is 2.12 bits per heavy atom. The minimum Gasteiger partial charge on any atom is -0.406 e. The van der Waals surface area contributed by atoms with E-state index in [2.05, 4.69) is 34.0 Å². The van der Waals surface area contributed by atoms with Gasteiger partial charge in [0, 0.05) is 12.1 Å². The number of nitrogens with zero attached hydrogens (tertiary/aromatic N) is 3. The lowest BCUT2D eigenvalue weighted by Crippen LogP contribution is -2.17. The van der Waals surface area contributed by atoms with Gasteiger partial charge in [-0.05, 0) is 18.1 Å². The summed E-state index contributed by atoms with van der Waals surface area (Å²) in [7, 11) is 0. The van der Waals surface area contributed by atoms with Crippen LogP contribution in [0.1, 0.15) is 13.8 Å². The zero-order valence-electron chi connectivity index (χ0n) is 13.0. The van der Waals surface area contributed by atoms with Gasteiger partial charge in [-0.3, -0.25) is 0 Å². The topological polar surface area (TPSA) is 51.5 Å². The van der Waals surface area contributed by atoms with Crippen molar-refractivity contribution in [3.05, 3.63) is 30.5 Å². The SMILES string of the molecule is CC(C)CNc1nn2cc(-c3cccc(OC(F)(F)F)c3)nc2s1. The molecule has 2 aromatic heterocycles. The van der Waals surface area contributed by atoms with Gasteiger partial charge >= 0.3 is 6.36 Å². The zero-order valence-corrected chi connectivity index (χ0v) is 13.8. The van der Waals surface area contributed by atoms with Gasteiger partial charge in [0.25, 0.3) is 0 Å². The molecule has 1 aromatic carbocycles. The van der Waals surface area contributed by atoms with E-state index in [0.717, 1.165) is 11.7 Å². The third-order valence-corrected chi connectivity index (χ3v) is 3.95. The van der Waals surface area contributed by atoms with E-state index in [1.807, 2.05) is 0 Å². The summed E-state index contributed by atoms with van der Waals surface area (Å²) in [4.78, 5) is 5.08. The molecule has 0 spiro atoms. The van der Waals surface area contributed by atoms with E-state index >= 15 is 0 Å². The Labute approximate surface area is 140 Å². The zero-order chi connectivity index (χ0) is 17.3. The number of imidazole rings is 1. The first kappa shape index (κ1) is 16.6. The van der Waals surface area contributed by atoms with Crippen molar-refractivity contribution in [3.8, 4) is 17.0 Å². The molecule has 0 atom stereocenters. The fourth-order valence-electron chi connectivity index (χ4n) is 2.05. The first-order valence-electron chi connectivity index (χ1n) is 7.26. The predicted octanol–water partition coefficient (Wildman–Crippen LogP) is 4.42. The van der Waals surface area contributed by atoms with Crippen molar-refractivity contribution in [1.29, 1.82) is 0 Å². The maximum absolute atomic E-state index is 12.3. The molecule has 1 N–H and O–H groups in total. The Morgan fingerprint density at radius 1 is 1.33 bits per heavy atom. The highest BCUT2D eigenvalue weighted by Gasteiger charge is 2.31. The Bertz CT molecular complexity index is 809. The summed E-state index contributed by atoms with van der Waals surface area (Å²) in [5.41, 5.74) is 1.07. The Balaban J connectivity index is 1.82. The second-order valence-corrected chi connectivity index (χ2v) is 6.57. The molecule has 0 unspecified atom stereocenters. The summed E-state index contributed by atoms with van der Waals surface area (Å²) < 4.78 is 42.5. The van der Waals surface area contributed by atoms with E-state index in [9.17, 15) is 13.2 Å². The molecule has 9 heteroatoms. The Morgan fingerprint density at radius 3 is 2.79 bits per heavy atom. The van der Waals surface area contributed by atoms with Crippen molar-refractivity contribution in [3.63, 3.8) is 0 Å². The van der Waals surface area contributed by atoms with Crippen LogP contribution in [-0.2, 0) is 0 Å². The molecule has 0 aliphatic rings. The van der Waals surface area contributed by atoms with Gasteiger partial charge in [0.2, 0.25) is 10.1 Å². The molecule has 24 heavy (non-hydrogen) atoms. The second-order valence-electron chi connectivity index (χ2n) is 5.61. The van der Waals surface area contributed by atoms with Gasteiger partial charge in [0.05, 0.1) is 11.9 Å². The van der Waals surface area contributed by atoms with Crippen LogP contribution in [0, 0.1) is 5.92 Å². The molecule has 0 saturated carbocycles. The third-order valence-electron chi connectivity index (χ3n) is 3.07. The van der Waals surface area contributed by atoms with Crippen LogP contribution in [0.3, 0.4) is 0 Å². The number of rotatable bonds is 5. The van der Waals surface area contributed by atoms with E-state index < -0.39 is 6.36 Å². The lowest BCUT2D eigenvalue weighted by molar-refractivity contribution is -0.274. The highest BCUT2D eigenvalue weighted by molar-refractivity contribution is 7.20. The minimum atomic E-state index is -4.72. The van der Waals surface area contributed by atoms with Crippen LogP contribution in [0.15, 0.2) is 30.5 Å². The molecular weight excluding hydrogens is 341 g/mol. The number of fused-ring (bicyclic) bond motifs is 1. The molecule has 0 fully saturated rings. The second kappa shape index (κ2) is 6.31. The first-order valence-corrected chi connectivity index (χ1v) is 8.08. The van der Waals surface area contributed by atoms with Gasteiger partial charge < -0.3 is 10.1 Å². The molecule has 0 radical (unpaired) electrons. The van der Waals surface area contributed by atoms with Crippen LogP contribution in [0.4, 0.5) is 18.3 Å². The van der Waals surface area contributed by atoms with E-state index in [1.165, 1.54) is 29.5 Å². The summed E-state index contributed by atoms with van der Waals surface area (Å²) in [5, 5.41) is 8.33. The van der Waals surface area contributed by atoms with Gasteiger partial charge in [-0.25, -0.2) is 9.50 Å². The summed E-state index contributed by atoms with van der Waals surface area (Å²) in [6, 6.07) is 5.72. The normalized spacial score (nSPS) is 12.1. The average Bonchev–Trinajstić information content (AvgIpc) is 3.01. The van der Waals surface area contributed by atoms with Gasteiger partial charge in [-0.2, -0.15) is 0 Å². The number of benzene rings is 1. The van der Waals surface area contributed by atoms with Crippen molar-refractivity contribution < 1.29 is 17.9 Å². The fourth-order valence-corrected chi connectivity index (χ4v) is 2.84. The van der Waals surface area contributed by atoms with Crippen LogP contribution in [0.2, 0.25) is 0 Å². The quantitative estimate of drug-likeness (QED) is 0.735. The highest BCUT2D eigenvalue weighted by Crippen LogP contribution is 2.29. The molecule has 0 aliphatic carbocycles. The molecule has 3 rings (SSSR count). The van der Waals surface area contributed by atoms with Crippen LogP contribution in [0.5, 0.6) is 5.75 Å². The fraction of sp³-hybridized carbons (Fsp3) is 0.333. The number of hydrogen-bond acceptors (Lipinski definition) is 5. The van der Waals surface area contributed by atoms with Crippen LogP contribution in [0.25, 0.3) is 16.2 Å². The standard InChI is InChI=1S/C15H15F3N4OS/c1-9(2)7-19-13-21-22-8-12(20-14(22)24-13)10-4-3-5-11(6-10)23-15(16,17)18/h3-6,8-9H,7H2,1-2H3,(H,19,21). The predicted molar refractivity (Wildman–Crippen MR) is 86.3 cm³/mol. The van der Waals surface area contributed by atoms with Crippen molar-refractivity contribution in [2.75, 3.05) is 11.9 Å². The van der Waals surface area contributed by atoms with Crippen LogP contribution in [-0.4, -0.2) is 27.5 Å².